The van der Waals surface area contributed by atoms with Crippen molar-refractivity contribution in [3.8, 4) is 0 Å². The van der Waals surface area contributed by atoms with Crippen LogP contribution in [-0.4, -0.2) is 37.6 Å². The van der Waals surface area contributed by atoms with Gasteiger partial charge in [-0.05, 0) is 47.9 Å². The second-order valence-corrected chi connectivity index (χ2v) is 14.8. The monoisotopic (exact) mass is 663 g/mol. The molecule has 2 fully saturated rings. The Morgan fingerprint density at radius 3 is 1.04 bits per heavy atom. The molecule has 2 aliphatic rings. The summed E-state index contributed by atoms with van der Waals surface area (Å²) in [7, 11) is 0. The third kappa shape index (κ3) is 15.0. The van der Waals surface area contributed by atoms with Gasteiger partial charge in [-0.2, -0.15) is 0 Å². The predicted molar refractivity (Wildman–Crippen MR) is 201 cm³/mol. The highest BCUT2D eigenvalue weighted by molar-refractivity contribution is 5.23. The van der Waals surface area contributed by atoms with Crippen LogP contribution >= 0.6 is 0 Å². The van der Waals surface area contributed by atoms with Gasteiger partial charge in [0.1, 0.15) is 24.4 Å². The number of unbranched alkanes of at least 4 members (excludes halogenated alkanes) is 18. The molecule has 270 valence electrons. The van der Waals surface area contributed by atoms with E-state index in [2.05, 4.69) is 62.4 Å². The number of aryl methyl sites for hydroxylation is 2. The molecule has 0 aromatic heterocycles. The number of rotatable bonds is 28. The van der Waals surface area contributed by atoms with Gasteiger partial charge in [0, 0.05) is 0 Å². The molecule has 0 bridgehead atoms. The summed E-state index contributed by atoms with van der Waals surface area (Å²) in [4.78, 5) is 0. The van der Waals surface area contributed by atoms with Gasteiger partial charge in [-0.1, -0.05) is 178 Å². The Labute approximate surface area is 295 Å². The molecule has 2 aliphatic heterocycles. The maximum atomic E-state index is 6.31. The standard InChI is InChI=1S/C44H70O4/c1-3-5-7-9-11-13-15-17-19-21-23-37-25-29-39(30-26-37)33-45-41-35-47-44-42(36-48-43(41)44)46-34-40-31-27-38(28-32-40)24-22-20-18-16-14-12-10-8-6-4-2/h25-32,41-44H,3-24,33-36H2,1-2H3/t41-,42+,43-,44+. The molecular weight excluding hydrogens is 592 g/mol. The number of ether oxygens (including phenoxy) is 4. The van der Waals surface area contributed by atoms with Gasteiger partial charge in [0.25, 0.3) is 0 Å². The molecule has 0 radical (unpaired) electrons. The van der Waals surface area contributed by atoms with E-state index in [9.17, 15) is 0 Å². The van der Waals surface area contributed by atoms with Crippen LogP contribution in [0.15, 0.2) is 48.5 Å². The fourth-order valence-electron chi connectivity index (χ4n) is 7.36. The van der Waals surface area contributed by atoms with E-state index < -0.39 is 0 Å². The number of benzene rings is 2. The first-order chi connectivity index (χ1) is 23.8. The Morgan fingerprint density at radius 2 is 0.708 bits per heavy atom. The Morgan fingerprint density at radius 1 is 0.417 bits per heavy atom. The highest BCUT2D eigenvalue weighted by atomic mass is 16.6. The minimum Gasteiger partial charge on any atom is -0.370 e. The first kappa shape index (κ1) is 39.1. The van der Waals surface area contributed by atoms with Crippen LogP contribution in [0.2, 0.25) is 0 Å². The summed E-state index contributed by atoms with van der Waals surface area (Å²) in [5.74, 6) is 0. The lowest BCUT2D eigenvalue weighted by atomic mass is 10.0. The van der Waals surface area contributed by atoms with Gasteiger partial charge in [0.2, 0.25) is 0 Å². The number of hydrogen-bond donors (Lipinski definition) is 0. The van der Waals surface area contributed by atoms with E-state index in [0.29, 0.717) is 26.4 Å². The molecule has 0 aliphatic carbocycles. The van der Waals surface area contributed by atoms with Crippen LogP contribution in [0.4, 0.5) is 0 Å². The Bertz CT molecular complexity index is 965. The maximum absolute atomic E-state index is 6.31. The van der Waals surface area contributed by atoms with E-state index in [-0.39, 0.29) is 24.4 Å². The van der Waals surface area contributed by atoms with Crippen molar-refractivity contribution in [2.75, 3.05) is 13.2 Å². The fraction of sp³-hybridized carbons (Fsp3) is 0.727. The van der Waals surface area contributed by atoms with Crippen molar-refractivity contribution in [3.05, 3.63) is 70.8 Å². The van der Waals surface area contributed by atoms with Crippen molar-refractivity contribution in [2.24, 2.45) is 0 Å². The predicted octanol–water partition coefficient (Wildman–Crippen LogP) is 11.9. The first-order valence-electron chi connectivity index (χ1n) is 20.4. The Kier molecular flexibility index (Phi) is 19.9. The molecule has 0 spiro atoms. The number of fused-ring (bicyclic) bond motifs is 1. The van der Waals surface area contributed by atoms with Gasteiger partial charge in [-0.25, -0.2) is 0 Å². The Hall–Kier alpha value is -1.72. The molecular formula is C44H70O4. The van der Waals surface area contributed by atoms with Crippen molar-refractivity contribution in [1.29, 1.82) is 0 Å². The summed E-state index contributed by atoms with van der Waals surface area (Å²) in [5.41, 5.74) is 5.30. The minimum atomic E-state index is -0.0472. The van der Waals surface area contributed by atoms with Crippen LogP contribution in [0.3, 0.4) is 0 Å². The lowest BCUT2D eigenvalue weighted by molar-refractivity contribution is -0.0580. The van der Waals surface area contributed by atoms with Crippen molar-refractivity contribution in [3.63, 3.8) is 0 Å². The van der Waals surface area contributed by atoms with E-state index in [0.717, 1.165) is 0 Å². The zero-order valence-corrected chi connectivity index (χ0v) is 30.9. The smallest absolute Gasteiger partial charge is 0.115 e. The zero-order chi connectivity index (χ0) is 33.5. The van der Waals surface area contributed by atoms with Gasteiger partial charge >= 0.3 is 0 Å². The SMILES string of the molecule is CCCCCCCCCCCCc1ccc(CO[C@H]2CO[C@H]3[C@H]2OC[C@H]3OCc2ccc(CCCCCCCCCCCC)cc2)cc1. The van der Waals surface area contributed by atoms with Gasteiger partial charge in [-0.15, -0.1) is 0 Å². The van der Waals surface area contributed by atoms with Crippen molar-refractivity contribution < 1.29 is 18.9 Å². The molecule has 2 aromatic carbocycles. The summed E-state index contributed by atoms with van der Waals surface area (Å²) < 4.78 is 24.9. The van der Waals surface area contributed by atoms with Crippen LogP contribution < -0.4 is 0 Å². The van der Waals surface area contributed by atoms with Crippen molar-refractivity contribution in [2.45, 2.75) is 193 Å². The van der Waals surface area contributed by atoms with Crippen molar-refractivity contribution >= 4 is 0 Å². The third-order valence-electron chi connectivity index (χ3n) is 10.6. The molecule has 4 nitrogen and oxygen atoms in total. The van der Waals surface area contributed by atoms with E-state index in [4.69, 9.17) is 18.9 Å². The van der Waals surface area contributed by atoms with Gasteiger partial charge in [0.05, 0.1) is 26.4 Å². The third-order valence-corrected chi connectivity index (χ3v) is 10.6. The molecule has 2 saturated heterocycles. The first-order valence-corrected chi connectivity index (χ1v) is 20.4. The average molecular weight is 663 g/mol. The second kappa shape index (κ2) is 24.4. The molecule has 4 rings (SSSR count). The molecule has 0 N–H and O–H groups in total. The molecule has 48 heavy (non-hydrogen) atoms. The van der Waals surface area contributed by atoms with E-state index in [1.165, 1.54) is 164 Å². The molecule has 4 heteroatoms. The molecule has 0 saturated carbocycles. The van der Waals surface area contributed by atoms with Crippen LogP contribution in [0.25, 0.3) is 0 Å². The van der Waals surface area contributed by atoms with Gasteiger partial charge < -0.3 is 18.9 Å². The molecule has 0 amide bonds. The highest BCUT2D eigenvalue weighted by Crippen LogP contribution is 2.31. The topological polar surface area (TPSA) is 36.9 Å². The van der Waals surface area contributed by atoms with E-state index >= 15 is 0 Å². The summed E-state index contributed by atoms with van der Waals surface area (Å²) >= 11 is 0. The van der Waals surface area contributed by atoms with Crippen LogP contribution in [0.1, 0.15) is 165 Å². The summed E-state index contributed by atoms with van der Waals surface area (Å²) in [5, 5.41) is 0. The lowest BCUT2D eigenvalue weighted by Crippen LogP contribution is -2.34. The molecule has 2 aromatic rings. The quantitative estimate of drug-likeness (QED) is 0.0850. The summed E-state index contributed by atoms with van der Waals surface area (Å²) in [6, 6.07) is 18.0. The number of hydrogen-bond acceptors (Lipinski definition) is 4. The second-order valence-electron chi connectivity index (χ2n) is 14.8. The van der Waals surface area contributed by atoms with Crippen LogP contribution in [-0.2, 0) is 45.0 Å². The minimum absolute atomic E-state index is 0.0417. The van der Waals surface area contributed by atoms with Crippen molar-refractivity contribution in [1.82, 2.24) is 0 Å². The average Bonchev–Trinajstić information content (AvgIpc) is 3.71. The van der Waals surface area contributed by atoms with Gasteiger partial charge in [0.15, 0.2) is 0 Å². The highest BCUT2D eigenvalue weighted by Gasteiger charge is 2.48. The van der Waals surface area contributed by atoms with Crippen LogP contribution in [0, 0.1) is 0 Å². The van der Waals surface area contributed by atoms with Crippen LogP contribution in [0.5, 0.6) is 0 Å². The molecule has 4 atom stereocenters. The normalized spacial score (nSPS) is 20.5. The molecule has 0 unspecified atom stereocenters. The maximum Gasteiger partial charge on any atom is 0.115 e. The zero-order valence-electron chi connectivity index (χ0n) is 30.9. The fourth-order valence-corrected chi connectivity index (χ4v) is 7.36. The van der Waals surface area contributed by atoms with Gasteiger partial charge in [-0.3, -0.25) is 0 Å². The molecule has 2 heterocycles. The lowest BCUT2D eigenvalue weighted by Gasteiger charge is -2.18. The van der Waals surface area contributed by atoms with E-state index in [1.54, 1.807) is 0 Å². The Balaban J connectivity index is 1.03. The van der Waals surface area contributed by atoms with E-state index in [1.807, 2.05) is 0 Å². The summed E-state index contributed by atoms with van der Waals surface area (Å²) in [6.45, 7) is 6.90. The largest absolute Gasteiger partial charge is 0.370 e. The summed E-state index contributed by atoms with van der Waals surface area (Å²) in [6.07, 6.45) is 29.9.